The molecule has 0 radical (unpaired) electrons. The number of anilines is 1. The third-order valence-corrected chi connectivity index (χ3v) is 6.60. The minimum absolute atomic E-state index is 0.00123. The number of non-ortho nitro benzene ring substituents is 1. The van der Waals surface area contributed by atoms with Crippen molar-refractivity contribution in [2.24, 2.45) is 0 Å². The first-order valence-corrected chi connectivity index (χ1v) is 11.4. The Balaban J connectivity index is 1.58. The van der Waals surface area contributed by atoms with Gasteiger partial charge in [0.05, 0.1) is 26.5 Å². The highest BCUT2D eigenvalue weighted by Gasteiger charge is 2.19. The Hall–Kier alpha value is -3.56. The predicted octanol–water partition coefficient (Wildman–Crippen LogP) is 5.50. The Morgan fingerprint density at radius 2 is 2.06 bits per heavy atom. The Kier molecular flexibility index (Phi) is 6.81. The number of amides is 1. The second-order valence-electron chi connectivity index (χ2n) is 7.36. The largest absolute Gasteiger partial charge is 0.337 e. The number of aryl methyl sites for hydroxylation is 2. The summed E-state index contributed by atoms with van der Waals surface area (Å²) in [7, 11) is 0. The molecule has 2 aromatic heterocycles. The maximum Gasteiger partial charge on any atom is 0.269 e. The van der Waals surface area contributed by atoms with Gasteiger partial charge < -0.3 is 4.57 Å². The highest BCUT2D eigenvalue weighted by molar-refractivity contribution is 7.23. The van der Waals surface area contributed by atoms with Crippen LogP contribution in [0.4, 0.5) is 10.8 Å². The molecule has 168 valence electrons. The molecule has 0 saturated carbocycles. The van der Waals surface area contributed by atoms with Gasteiger partial charge >= 0.3 is 0 Å². The number of rotatable bonds is 8. The van der Waals surface area contributed by atoms with Crippen LogP contribution >= 0.6 is 22.9 Å². The molecule has 10 heteroatoms. The third-order valence-electron chi connectivity index (χ3n) is 5.06. The molecule has 0 atom stereocenters. The molecule has 8 nitrogen and oxygen atoms in total. The van der Waals surface area contributed by atoms with Gasteiger partial charge in [-0.15, -0.1) is 0 Å². The lowest BCUT2D eigenvalue weighted by atomic mass is 10.2. The van der Waals surface area contributed by atoms with Crippen LogP contribution in [0.15, 0.2) is 61.2 Å². The molecule has 0 fully saturated rings. The quantitative estimate of drug-likeness (QED) is 0.188. The van der Waals surface area contributed by atoms with Gasteiger partial charge in [0, 0.05) is 43.7 Å². The number of carbonyl (C=O) groups excluding carboxylic acids is 1. The van der Waals surface area contributed by atoms with Gasteiger partial charge in [0.15, 0.2) is 5.13 Å². The van der Waals surface area contributed by atoms with Gasteiger partial charge in [0.1, 0.15) is 0 Å². The molecular weight excluding hydrogens is 462 g/mol. The van der Waals surface area contributed by atoms with E-state index in [1.54, 1.807) is 35.6 Å². The van der Waals surface area contributed by atoms with Crippen LogP contribution in [0.2, 0.25) is 5.02 Å². The molecule has 0 spiro atoms. The number of nitrogens with zero attached hydrogens (tertiary/aromatic N) is 5. The van der Waals surface area contributed by atoms with Crippen molar-refractivity contribution in [3.05, 3.63) is 87.5 Å². The zero-order chi connectivity index (χ0) is 23.4. The fourth-order valence-electron chi connectivity index (χ4n) is 3.30. The Morgan fingerprint density at radius 3 is 2.73 bits per heavy atom. The standard InChI is InChI=1S/C23H20ClN5O3S/c1-16-3-9-19(24)22-21(16)26-23(33-22)28(13-2-12-27-14-11-25-15-27)20(30)10-6-17-4-7-18(8-5-17)29(31)32/h3-11,14-15H,2,12-13H2,1H3/b10-6+. The number of benzene rings is 2. The summed E-state index contributed by atoms with van der Waals surface area (Å²) in [5, 5.41) is 12.0. The van der Waals surface area contributed by atoms with Gasteiger partial charge in [-0.05, 0) is 48.7 Å². The second-order valence-corrected chi connectivity index (χ2v) is 8.75. The molecule has 0 aliphatic carbocycles. The van der Waals surface area contributed by atoms with Crippen LogP contribution in [0, 0.1) is 17.0 Å². The average Bonchev–Trinajstić information content (AvgIpc) is 3.49. The molecule has 4 rings (SSSR count). The summed E-state index contributed by atoms with van der Waals surface area (Å²) in [5.74, 6) is -0.230. The van der Waals surface area contributed by atoms with E-state index < -0.39 is 4.92 Å². The molecule has 33 heavy (non-hydrogen) atoms. The monoisotopic (exact) mass is 481 g/mol. The van der Waals surface area contributed by atoms with Crippen molar-refractivity contribution in [1.29, 1.82) is 0 Å². The number of hydrogen-bond donors (Lipinski definition) is 0. The maximum atomic E-state index is 13.2. The van der Waals surface area contributed by atoms with Crippen molar-refractivity contribution in [3.63, 3.8) is 0 Å². The van der Waals surface area contributed by atoms with Gasteiger partial charge in [0.2, 0.25) is 0 Å². The van der Waals surface area contributed by atoms with Gasteiger partial charge in [-0.2, -0.15) is 0 Å². The summed E-state index contributed by atoms with van der Waals surface area (Å²) < 4.78 is 2.80. The third kappa shape index (κ3) is 5.27. The maximum absolute atomic E-state index is 13.2. The van der Waals surface area contributed by atoms with Crippen LogP contribution in [0.1, 0.15) is 17.5 Å². The summed E-state index contributed by atoms with van der Waals surface area (Å²) in [6.07, 6.45) is 9.13. The zero-order valence-electron chi connectivity index (χ0n) is 17.7. The summed E-state index contributed by atoms with van der Waals surface area (Å²) in [6.45, 7) is 3.13. The van der Waals surface area contributed by atoms with Crippen LogP contribution < -0.4 is 4.90 Å². The summed E-state index contributed by atoms with van der Waals surface area (Å²) in [5.41, 5.74) is 2.47. The highest BCUT2D eigenvalue weighted by Crippen LogP contribution is 2.35. The van der Waals surface area contributed by atoms with Gasteiger partial charge in [-0.3, -0.25) is 19.8 Å². The normalized spacial score (nSPS) is 11.3. The molecule has 0 bridgehead atoms. The van der Waals surface area contributed by atoms with Crippen LogP contribution in [0.3, 0.4) is 0 Å². The van der Waals surface area contributed by atoms with E-state index in [1.165, 1.54) is 29.5 Å². The molecule has 2 aromatic carbocycles. The predicted molar refractivity (Wildman–Crippen MR) is 131 cm³/mol. The lowest BCUT2D eigenvalue weighted by molar-refractivity contribution is -0.384. The van der Waals surface area contributed by atoms with Gasteiger partial charge in [-0.25, -0.2) is 9.97 Å². The first kappa shape index (κ1) is 22.6. The number of imidazole rings is 1. The number of aromatic nitrogens is 3. The summed E-state index contributed by atoms with van der Waals surface area (Å²) in [6, 6.07) is 9.77. The second kappa shape index (κ2) is 9.93. The lowest BCUT2D eigenvalue weighted by Crippen LogP contribution is -2.30. The molecule has 0 unspecified atom stereocenters. The van der Waals surface area contributed by atoms with Gasteiger partial charge in [0.25, 0.3) is 11.6 Å². The Labute approximate surface area is 198 Å². The van der Waals surface area contributed by atoms with E-state index in [0.29, 0.717) is 35.2 Å². The Bertz CT molecular complexity index is 1280. The van der Waals surface area contributed by atoms with Crippen LogP contribution in [0.5, 0.6) is 0 Å². The van der Waals surface area contributed by atoms with Crippen molar-refractivity contribution in [2.45, 2.75) is 19.9 Å². The molecule has 2 heterocycles. The molecule has 0 saturated heterocycles. The zero-order valence-corrected chi connectivity index (χ0v) is 19.3. The van der Waals surface area contributed by atoms with Crippen LogP contribution in [-0.2, 0) is 11.3 Å². The van der Waals surface area contributed by atoms with Crippen LogP contribution in [-0.4, -0.2) is 31.9 Å². The first-order valence-electron chi connectivity index (χ1n) is 10.2. The minimum atomic E-state index is -0.457. The summed E-state index contributed by atoms with van der Waals surface area (Å²) >= 11 is 7.75. The topological polar surface area (TPSA) is 94.2 Å². The molecule has 1 amide bonds. The van der Waals surface area contributed by atoms with E-state index in [9.17, 15) is 14.9 Å². The fourth-order valence-corrected chi connectivity index (χ4v) is 4.65. The number of hydrogen-bond acceptors (Lipinski definition) is 6. The fraction of sp³-hybridized carbons (Fsp3) is 0.174. The number of nitro groups is 1. The van der Waals surface area contributed by atoms with Crippen molar-refractivity contribution >= 4 is 56.0 Å². The first-order chi connectivity index (χ1) is 15.9. The average molecular weight is 482 g/mol. The molecule has 0 N–H and O–H groups in total. The van der Waals surface area contributed by atoms with E-state index >= 15 is 0 Å². The van der Waals surface area contributed by atoms with Crippen LogP contribution in [0.25, 0.3) is 16.3 Å². The highest BCUT2D eigenvalue weighted by atomic mass is 35.5. The minimum Gasteiger partial charge on any atom is -0.337 e. The smallest absolute Gasteiger partial charge is 0.269 e. The number of nitro benzene ring substituents is 1. The van der Waals surface area contributed by atoms with Crippen molar-refractivity contribution in [1.82, 2.24) is 14.5 Å². The summed E-state index contributed by atoms with van der Waals surface area (Å²) in [4.78, 5) is 33.9. The molecule has 4 aromatic rings. The molecule has 0 aliphatic rings. The van der Waals surface area contributed by atoms with E-state index in [2.05, 4.69) is 4.98 Å². The molecule has 0 aliphatic heterocycles. The van der Waals surface area contributed by atoms with Crippen molar-refractivity contribution < 1.29 is 9.72 Å². The number of fused-ring (bicyclic) bond motifs is 1. The lowest BCUT2D eigenvalue weighted by Gasteiger charge is -2.18. The van der Waals surface area contributed by atoms with Gasteiger partial charge in [-0.1, -0.05) is 29.0 Å². The number of thiazole rings is 1. The number of carbonyl (C=O) groups is 1. The van der Waals surface area contributed by atoms with Crippen molar-refractivity contribution in [3.8, 4) is 0 Å². The molecular formula is C23H20ClN5O3S. The van der Waals surface area contributed by atoms with E-state index in [0.717, 1.165) is 15.8 Å². The van der Waals surface area contributed by atoms with E-state index in [4.69, 9.17) is 16.6 Å². The Morgan fingerprint density at radius 1 is 1.27 bits per heavy atom. The number of halogens is 1. The van der Waals surface area contributed by atoms with E-state index in [1.807, 2.05) is 29.8 Å². The van der Waals surface area contributed by atoms with E-state index in [-0.39, 0.29) is 11.6 Å². The SMILES string of the molecule is Cc1ccc(Cl)c2sc(N(CCCn3ccnc3)C(=O)/C=C/c3ccc([N+](=O)[O-])cc3)nc12. The van der Waals surface area contributed by atoms with Crippen molar-refractivity contribution in [2.75, 3.05) is 11.4 Å².